The minimum Gasteiger partial charge on any atom is -0.437 e. The lowest BCUT2D eigenvalue weighted by atomic mass is 10.3. The smallest absolute Gasteiger partial charge is 0.437 e. The highest BCUT2D eigenvalue weighted by atomic mass is 79.9. The fourth-order valence-electron chi connectivity index (χ4n) is 1.39. The van der Waals surface area contributed by atoms with Crippen LogP contribution in [0.2, 0.25) is 5.02 Å². The van der Waals surface area contributed by atoms with Crippen molar-refractivity contribution in [3.05, 3.63) is 40.0 Å². The van der Waals surface area contributed by atoms with Crippen LogP contribution < -0.4 is 15.2 Å². The van der Waals surface area contributed by atoms with Gasteiger partial charge in [-0.15, -0.1) is 13.2 Å². The standard InChI is InChI=1S/C12H7BrClF3N2O2/c13-8-4-7(1-2-10(8)21-12(15,16)17)20-11-9(18)3-6(14)5-19-11/h1-5H,18H2. The average molecular weight is 384 g/mol. The van der Waals surface area contributed by atoms with Gasteiger partial charge >= 0.3 is 6.36 Å². The first-order valence-corrected chi connectivity index (χ1v) is 6.56. The second-order valence-corrected chi connectivity index (χ2v) is 5.08. The molecule has 0 aliphatic heterocycles. The van der Waals surface area contributed by atoms with Crippen LogP contribution in [0.15, 0.2) is 34.9 Å². The van der Waals surface area contributed by atoms with E-state index < -0.39 is 6.36 Å². The molecule has 0 atom stereocenters. The molecule has 0 fully saturated rings. The molecular formula is C12H7BrClF3N2O2. The molecule has 0 unspecified atom stereocenters. The van der Waals surface area contributed by atoms with Crippen LogP contribution in [-0.2, 0) is 0 Å². The van der Waals surface area contributed by atoms with Crippen LogP contribution in [0.5, 0.6) is 17.4 Å². The van der Waals surface area contributed by atoms with Gasteiger partial charge in [-0.1, -0.05) is 11.6 Å². The topological polar surface area (TPSA) is 57.4 Å². The van der Waals surface area contributed by atoms with E-state index in [-0.39, 0.29) is 27.5 Å². The number of pyridine rings is 1. The minimum atomic E-state index is -4.77. The second kappa shape index (κ2) is 5.98. The molecule has 0 radical (unpaired) electrons. The van der Waals surface area contributed by atoms with Gasteiger partial charge in [-0.2, -0.15) is 0 Å². The third-order valence-corrected chi connectivity index (χ3v) is 3.02. The molecule has 0 bridgehead atoms. The molecule has 9 heteroatoms. The zero-order valence-corrected chi connectivity index (χ0v) is 12.5. The lowest BCUT2D eigenvalue weighted by molar-refractivity contribution is -0.274. The lowest BCUT2D eigenvalue weighted by Crippen LogP contribution is -2.17. The van der Waals surface area contributed by atoms with Gasteiger partial charge in [0.1, 0.15) is 11.5 Å². The number of rotatable bonds is 3. The molecule has 0 aliphatic rings. The molecule has 2 rings (SSSR count). The summed E-state index contributed by atoms with van der Waals surface area (Å²) in [6.45, 7) is 0. The summed E-state index contributed by atoms with van der Waals surface area (Å²) in [4.78, 5) is 3.88. The summed E-state index contributed by atoms with van der Waals surface area (Å²) < 4.78 is 45.7. The Hall–Kier alpha value is -1.67. The summed E-state index contributed by atoms with van der Waals surface area (Å²) in [6, 6.07) is 5.15. The SMILES string of the molecule is Nc1cc(Cl)cnc1Oc1ccc(OC(F)(F)F)c(Br)c1. The molecule has 0 aliphatic carbocycles. The van der Waals surface area contributed by atoms with E-state index in [1.165, 1.54) is 24.4 Å². The van der Waals surface area contributed by atoms with Crippen molar-refractivity contribution in [1.29, 1.82) is 0 Å². The molecule has 0 saturated heterocycles. The van der Waals surface area contributed by atoms with Crippen LogP contribution >= 0.6 is 27.5 Å². The number of nitrogens with two attached hydrogens (primary N) is 1. The monoisotopic (exact) mass is 382 g/mol. The largest absolute Gasteiger partial charge is 0.573 e. The Morgan fingerprint density at radius 1 is 1.24 bits per heavy atom. The number of nitrogen functional groups attached to an aromatic ring is 1. The molecule has 0 spiro atoms. The van der Waals surface area contributed by atoms with E-state index in [9.17, 15) is 13.2 Å². The number of aromatic nitrogens is 1. The molecule has 1 aromatic carbocycles. The zero-order valence-electron chi connectivity index (χ0n) is 10.1. The van der Waals surface area contributed by atoms with Gasteiger partial charge in [-0.3, -0.25) is 0 Å². The summed E-state index contributed by atoms with van der Waals surface area (Å²) in [5, 5.41) is 0.343. The summed E-state index contributed by atoms with van der Waals surface area (Å²) in [5.41, 5.74) is 5.87. The summed E-state index contributed by atoms with van der Waals surface area (Å²) >= 11 is 8.66. The first-order valence-electron chi connectivity index (χ1n) is 5.39. The van der Waals surface area contributed by atoms with Crippen molar-refractivity contribution in [2.75, 3.05) is 5.73 Å². The van der Waals surface area contributed by atoms with Gasteiger partial charge in [0.2, 0.25) is 5.88 Å². The van der Waals surface area contributed by atoms with Gasteiger partial charge in [0, 0.05) is 6.20 Å². The molecule has 2 aromatic rings. The Morgan fingerprint density at radius 2 is 1.95 bits per heavy atom. The van der Waals surface area contributed by atoms with E-state index in [2.05, 4.69) is 25.7 Å². The molecule has 0 saturated carbocycles. The summed E-state index contributed by atoms with van der Waals surface area (Å²) in [7, 11) is 0. The Labute approximate surface area is 130 Å². The van der Waals surface area contributed by atoms with Crippen molar-refractivity contribution >= 4 is 33.2 Å². The highest BCUT2D eigenvalue weighted by Gasteiger charge is 2.32. The van der Waals surface area contributed by atoms with Crippen LogP contribution in [0.25, 0.3) is 0 Å². The van der Waals surface area contributed by atoms with Crippen molar-refractivity contribution in [2.24, 2.45) is 0 Å². The number of anilines is 1. The van der Waals surface area contributed by atoms with Crippen molar-refractivity contribution < 1.29 is 22.6 Å². The van der Waals surface area contributed by atoms with E-state index in [1.54, 1.807) is 0 Å². The van der Waals surface area contributed by atoms with Crippen LogP contribution in [0.3, 0.4) is 0 Å². The zero-order chi connectivity index (χ0) is 15.6. The number of alkyl halides is 3. The molecule has 4 nitrogen and oxygen atoms in total. The number of halogens is 5. The van der Waals surface area contributed by atoms with E-state index in [1.807, 2.05) is 0 Å². The Morgan fingerprint density at radius 3 is 2.52 bits per heavy atom. The van der Waals surface area contributed by atoms with E-state index in [4.69, 9.17) is 22.1 Å². The van der Waals surface area contributed by atoms with Gasteiger partial charge in [-0.25, -0.2) is 4.98 Å². The van der Waals surface area contributed by atoms with Gasteiger partial charge < -0.3 is 15.2 Å². The van der Waals surface area contributed by atoms with Crippen molar-refractivity contribution in [2.45, 2.75) is 6.36 Å². The number of hydrogen-bond donors (Lipinski definition) is 1. The number of nitrogens with zero attached hydrogens (tertiary/aromatic N) is 1. The number of benzene rings is 1. The summed E-state index contributed by atoms with van der Waals surface area (Å²) in [5.74, 6) is -0.0550. The fourth-order valence-corrected chi connectivity index (χ4v) is 2.00. The first kappa shape index (κ1) is 15.7. The van der Waals surface area contributed by atoms with Crippen molar-refractivity contribution in [1.82, 2.24) is 4.98 Å². The van der Waals surface area contributed by atoms with Crippen LogP contribution in [0, 0.1) is 0 Å². The minimum absolute atomic E-state index is 0.0739. The lowest BCUT2D eigenvalue weighted by Gasteiger charge is -2.12. The predicted molar refractivity (Wildman–Crippen MR) is 74.6 cm³/mol. The van der Waals surface area contributed by atoms with Crippen LogP contribution in [0.1, 0.15) is 0 Å². The first-order chi connectivity index (χ1) is 9.74. The maximum atomic E-state index is 12.1. The second-order valence-electron chi connectivity index (χ2n) is 3.79. The number of ether oxygens (including phenoxy) is 2. The maximum Gasteiger partial charge on any atom is 0.573 e. The van der Waals surface area contributed by atoms with Crippen LogP contribution in [0.4, 0.5) is 18.9 Å². The average Bonchev–Trinajstić information content (AvgIpc) is 2.35. The molecule has 2 N–H and O–H groups in total. The van der Waals surface area contributed by atoms with E-state index in [0.717, 1.165) is 6.07 Å². The van der Waals surface area contributed by atoms with Crippen LogP contribution in [-0.4, -0.2) is 11.3 Å². The molecule has 112 valence electrons. The Bertz CT molecular complexity index is 667. The number of hydrogen-bond acceptors (Lipinski definition) is 4. The van der Waals surface area contributed by atoms with Gasteiger partial charge in [0.15, 0.2) is 0 Å². The molecule has 1 heterocycles. The van der Waals surface area contributed by atoms with Gasteiger partial charge in [-0.05, 0) is 40.2 Å². The summed E-state index contributed by atoms with van der Waals surface area (Å²) in [6.07, 6.45) is -3.43. The van der Waals surface area contributed by atoms with E-state index >= 15 is 0 Å². The third kappa shape index (κ3) is 4.40. The Balaban J connectivity index is 2.20. The molecule has 21 heavy (non-hydrogen) atoms. The normalized spacial score (nSPS) is 11.3. The third-order valence-electron chi connectivity index (χ3n) is 2.19. The highest BCUT2D eigenvalue weighted by Crippen LogP contribution is 2.35. The van der Waals surface area contributed by atoms with Gasteiger partial charge in [0.05, 0.1) is 15.2 Å². The van der Waals surface area contributed by atoms with Crippen molar-refractivity contribution in [3.8, 4) is 17.4 Å². The molecule has 1 aromatic heterocycles. The van der Waals surface area contributed by atoms with Crippen molar-refractivity contribution in [3.63, 3.8) is 0 Å². The van der Waals surface area contributed by atoms with E-state index in [0.29, 0.717) is 5.02 Å². The predicted octanol–water partition coefficient (Wildman–Crippen LogP) is 4.77. The maximum absolute atomic E-state index is 12.1. The fraction of sp³-hybridized carbons (Fsp3) is 0.0833. The molecule has 0 amide bonds. The molecular weight excluding hydrogens is 376 g/mol. The highest BCUT2D eigenvalue weighted by molar-refractivity contribution is 9.10. The van der Waals surface area contributed by atoms with Gasteiger partial charge in [0.25, 0.3) is 0 Å². The Kier molecular flexibility index (Phi) is 4.48. The quantitative estimate of drug-likeness (QED) is 0.829.